The molecule has 4 bridgehead atoms. The van der Waals surface area contributed by atoms with Gasteiger partial charge in [0.15, 0.2) is 0 Å². The van der Waals surface area contributed by atoms with Crippen molar-refractivity contribution >= 4 is 181 Å². The van der Waals surface area contributed by atoms with Crippen LogP contribution in [0.3, 0.4) is 0 Å². The van der Waals surface area contributed by atoms with Crippen molar-refractivity contribution in [3.63, 3.8) is 0 Å². The molecule has 0 saturated carbocycles. The normalized spacial score (nSPS) is 29.9. The van der Waals surface area contributed by atoms with E-state index >= 15 is 47.9 Å². The lowest BCUT2D eigenvalue weighted by atomic mass is 9.96. The molecule has 0 aliphatic carbocycles. The quantitative estimate of drug-likeness (QED) is 0.0581. The summed E-state index contributed by atoms with van der Waals surface area (Å²) >= 11 is 2.01. The van der Waals surface area contributed by atoms with Crippen molar-refractivity contribution in [2.45, 2.75) is 267 Å². The van der Waals surface area contributed by atoms with E-state index in [0.29, 0.717) is 51.8 Å². The van der Waals surface area contributed by atoms with Gasteiger partial charge in [0.05, 0.1) is 36.7 Å². The van der Waals surface area contributed by atoms with Crippen LogP contribution >= 0.6 is 35.3 Å². The van der Waals surface area contributed by atoms with E-state index in [-0.39, 0.29) is 25.7 Å². The average Bonchev–Trinajstić information content (AvgIpc) is 1.61. The van der Waals surface area contributed by atoms with Crippen LogP contribution in [0.4, 0.5) is 0 Å². The summed E-state index contributed by atoms with van der Waals surface area (Å²) < 4.78 is 14.7. The second kappa shape index (κ2) is 52.6. The number of hydrogen-bond donors (Lipinski definition) is 24. The van der Waals surface area contributed by atoms with E-state index < -0.39 is 350 Å². The zero-order chi connectivity index (χ0) is 100. The van der Waals surface area contributed by atoms with E-state index in [1.54, 1.807) is 65.1 Å². The van der Waals surface area contributed by atoms with E-state index in [4.69, 9.17) is 5.73 Å². The molecule has 4 fully saturated rings. The number of rotatable bonds is 19. The molecule has 6 rings (SSSR count). The lowest BCUT2D eigenvalue weighted by molar-refractivity contribution is -0.141. The summed E-state index contributed by atoms with van der Waals surface area (Å²) in [6, 6.07) is -25.2. The van der Waals surface area contributed by atoms with Gasteiger partial charge in [-0.25, -0.2) is 4.79 Å². The van der Waals surface area contributed by atoms with Crippen LogP contribution in [0.15, 0.2) is 30.5 Å². The Kier molecular flexibility index (Phi) is 43.7. The molecule has 25 N–H and O–H groups in total. The standard InChI is InChI=1S/C84H129N21O25S4/c1-16-38(9)62-79(123)91-48(22-23-59(109)110)71(115)95-54-32-132-42(13)64(105-76(120)53-31-131-30-52(94-67(111)40(11)85)75(119)93-51(29-106)69(113)87-27-57(107)90-50(73(117)100-60(36(5)6)77(121)96-53)25-45-26-86-47-21-19-18-20-46(45)47)81(125)92-49(24-35(3)4)72(116)104-65(82(126)103-62)43(14)133-33-55-74(118)89-41(12)68(112)98-56(84(128)129)34-134(130)44(15)66(99-58(108)28-88-70(54)114)83(127)101-61(37(7)8)78(122)102-63(39(10)17-2)80(124)97-55/h18-21,26,35-44,48-56,60-66,86,106H,16-17,22-25,27-34,85H2,1-15H3,(H,87,113)(H,88,114)(H,89,118)(H,90,107)(H,91,123)(H,92,125)(H,93,119)(H,94,111)(H,95,115)(H,96,121)(H,97,124)(H,98,112)(H,99,108)(H,100,117)(H,101,127)(H,102,122)(H,103,126)(H,104,116)(H,105,120)(H,109,110)(H,128,129)/t38-,39-,40-,41-,42-,43-,44-,48-,49-,50-,51-,52+,53-,54-,55-,56-,60-,61-,62-,63-,64+,65+,66+,134?/m0/s1. The summed E-state index contributed by atoms with van der Waals surface area (Å²) in [6.07, 6.45) is -0.328. The number of thioether (sulfide) groups is 3. The molecule has 24 atom stereocenters. The van der Waals surface area contributed by atoms with Crippen molar-refractivity contribution in [1.29, 1.82) is 0 Å². The first-order chi connectivity index (χ1) is 63.0. The fourth-order valence-corrected chi connectivity index (χ4v) is 19.0. The molecule has 134 heavy (non-hydrogen) atoms. The highest BCUT2D eigenvalue weighted by molar-refractivity contribution is 8.00. The molecular weight excluding hydrogens is 1830 g/mol. The van der Waals surface area contributed by atoms with Gasteiger partial charge in [-0.15, -0.1) is 0 Å². The van der Waals surface area contributed by atoms with Crippen LogP contribution in [-0.4, -0.2) is 322 Å². The van der Waals surface area contributed by atoms with Crippen LogP contribution < -0.4 is 107 Å². The number of H-pyrrole nitrogens is 1. The highest BCUT2D eigenvalue weighted by Crippen LogP contribution is 2.25. The Morgan fingerprint density at radius 1 is 0.493 bits per heavy atom. The first-order valence-corrected chi connectivity index (χ1v) is 48.9. The van der Waals surface area contributed by atoms with Crippen molar-refractivity contribution < 1.29 is 120 Å². The number of aliphatic hydroxyl groups excluding tert-OH is 1. The predicted octanol–water partition coefficient (Wildman–Crippen LogP) is -6.89. The minimum atomic E-state index is -2.61. The third-order valence-corrected chi connectivity index (χ3v) is 28.5. The van der Waals surface area contributed by atoms with Gasteiger partial charge >= 0.3 is 11.9 Å². The number of aliphatic carboxylic acids is 2. The number of fused-ring (bicyclic) bond motifs is 19. The third-order valence-electron chi connectivity index (χ3n) is 23.0. The summed E-state index contributed by atoms with van der Waals surface area (Å²) in [5.41, 5.74) is 7.07. The van der Waals surface area contributed by atoms with Crippen molar-refractivity contribution in [2.75, 3.05) is 48.5 Å². The smallest absolute Gasteiger partial charge is 0.327 e. The number of amides is 19. The van der Waals surface area contributed by atoms with Crippen LogP contribution in [0.2, 0.25) is 0 Å². The second-order valence-corrected chi connectivity index (χ2v) is 40.5. The van der Waals surface area contributed by atoms with Gasteiger partial charge in [0.2, 0.25) is 112 Å². The molecule has 744 valence electrons. The maximum Gasteiger partial charge on any atom is 0.327 e. The Morgan fingerprint density at radius 3 is 1.59 bits per heavy atom. The van der Waals surface area contributed by atoms with Crippen LogP contribution in [-0.2, 0) is 118 Å². The molecule has 5 heterocycles. The zero-order valence-corrected chi connectivity index (χ0v) is 80.6. The van der Waals surface area contributed by atoms with E-state index in [1.165, 1.54) is 55.4 Å². The SMILES string of the molecule is CC[C@H](C)[C@@H]1NC(=O)[C@H](C(C)C)NC(=O)[C@@H]2NC(=O)CNC(=O)[C@@H]3CS[C@@H](C)[C@@H](NC(=O)[C@@H]4CSC[C@@H](NC(=O)[C@H](C)N)C(=O)N[C@@H](CO)C(=O)NCC(=O)N[C@@H](Cc5c[nH]c6ccccc56)C(=O)N[C@@H](C(C)C)C(=O)N4)C(=O)N[C@@H](CC(C)C)C(=O)N[C@@H](C(=O)N[C@@H]([C@@H](C)CC)C(=O)N[C@@H](CCC(=O)O)C(=O)N3)[C@H](C)SC[C@H](NC1=O)C(=O)N[C@@H](C)C(=O)N[C@H](C(=O)O)CS(=O)[C@H]2C. The number of carboxylic acids is 2. The first kappa shape index (κ1) is 111. The molecule has 4 saturated heterocycles. The van der Waals surface area contributed by atoms with Gasteiger partial charge in [-0.2, -0.15) is 35.3 Å². The van der Waals surface area contributed by atoms with Crippen molar-refractivity contribution in [3.05, 3.63) is 36.0 Å². The molecule has 50 heteroatoms. The van der Waals surface area contributed by atoms with Crippen LogP contribution in [0.5, 0.6) is 0 Å². The van der Waals surface area contributed by atoms with E-state index in [0.717, 1.165) is 13.8 Å². The number of carbonyl (C=O) groups is 21. The van der Waals surface area contributed by atoms with Gasteiger partial charge in [-0.3, -0.25) is 100 Å². The lowest BCUT2D eigenvalue weighted by Gasteiger charge is -2.32. The number of para-hydroxylation sites is 1. The van der Waals surface area contributed by atoms with Gasteiger partial charge in [-0.05, 0) is 74.8 Å². The number of carbonyl (C=O) groups excluding carboxylic acids is 19. The minimum Gasteiger partial charge on any atom is -0.481 e. The van der Waals surface area contributed by atoms with Gasteiger partial charge < -0.3 is 127 Å². The molecule has 4 aliphatic rings. The summed E-state index contributed by atoms with van der Waals surface area (Å²) in [4.78, 5) is 312. The predicted molar refractivity (Wildman–Crippen MR) is 493 cm³/mol. The molecule has 0 spiro atoms. The maximum atomic E-state index is 16.0. The molecule has 19 amide bonds. The highest BCUT2D eigenvalue weighted by Gasteiger charge is 2.45. The number of carboxylic acid groups (broad SMARTS) is 2. The lowest BCUT2D eigenvalue weighted by Crippen LogP contribution is -2.63. The van der Waals surface area contributed by atoms with Crippen molar-refractivity contribution in [2.24, 2.45) is 35.3 Å². The average molecular weight is 1960 g/mol. The Hall–Kier alpha value is -11.2. The number of aromatic amines is 1. The second-order valence-electron chi connectivity index (χ2n) is 34.8. The topological polar surface area (TPSA) is 707 Å². The van der Waals surface area contributed by atoms with Crippen LogP contribution in [0, 0.1) is 29.6 Å². The molecule has 1 aromatic carbocycles. The van der Waals surface area contributed by atoms with Gasteiger partial charge in [0.1, 0.15) is 103 Å². The monoisotopic (exact) mass is 1960 g/mol. The summed E-state index contributed by atoms with van der Waals surface area (Å²) in [7, 11) is -2.61. The number of hydrogen-bond acceptors (Lipinski definition) is 27. The largest absolute Gasteiger partial charge is 0.481 e. The Labute approximate surface area is 789 Å². The van der Waals surface area contributed by atoms with Gasteiger partial charge in [-0.1, -0.05) is 114 Å². The molecule has 1 aromatic heterocycles. The van der Waals surface area contributed by atoms with E-state index in [1.807, 2.05) is 0 Å². The third kappa shape index (κ3) is 32.8. The van der Waals surface area contributed by atoms with Crippen LogP contribution in [0.1, 0.15) is 142 Å². The Morgan fingerprint density at radius 2 is 1.00 bits per heavy atom. The number of nitrogens with two attached hydrogens (primary N) is 1. The van der Waals surface area contributed by atoms with E-state index in [2.05, 4.69) is 106 Å². The van der Waals surface area contributed by atoms with Crippen molar-refractivity contribution in [3.8, 4) is 0 Å². The molecule has 4 aliphatic heterocycles. The first-order valence-electron chi connectivity index (χ1n) is 44.2. The number of nitrogens with one attached hydrogen (secondary N) is 20. The minimum absolute atomic E-state index is 0.0836. The summed E-state index contributed by atoms with van der Waals surface area (Å²) in [6.45, 7) is 18.7. The summed E-state index contributed by atoms with van der Waals surface area (Å²) in [5.74, 6) is -32.6. The van der Waals surface area contributed by atoms with E-state index in [9.17, 15) is 72.3 Å². The Balaban J connectivity index is 1.64. The van der Waals surface area contributed by atoms with Crippen LogP contribution in [0.25, 0.3) is 10.9 Å². The molecule has 2 aromatic rings. The zero-order valence-electron chi connectivity index (χ0n) is 77.3. The number of aromatic nitrogens is 1. The van der Waals surface area contributed by atoms with Crippen molar-refractivity contribution in [1.82, 2.24) is 106 Å². The number of aliphatic hydroxyl groups is 1. The van der Waals surface area contributed by atoms with Gasteiger partial charge in [0.25, 0.3) is 0 Å². The highest BCUT2D eigenvalue weighted by atomic mass is 32.2. The Bertz CT molecular complexity index is 4660. The molecular formula is C84H129N21O25S4. The molecule has 1 unspecified atom stereocenters. The molecule has 0 radical (unpaired) electrons. The molecule has 46 nitrogen and oxygen atoms in total. The maximum absolute atomic E-state index is 16.0. The number of benzene rings is 1. The summed E-state index contributed by atoms with van der Waals surface area (Å²) in [5, 5.41) is 75.0. The fraction of sp³-hybridized carbons (Fsp3) is 0.655. The fourth-order valence-electron chi connectivity index (χ4n) is 14.3. The van der Waals surface area contributed by atoms with Gasteiger partial charge in [0, 0.05) is 74.3 Å².